The summed E-state index contributed by atoms with van der Waals surface area (Å²) in [6, 6.07) is 5.84. The molecule has 0 N–H and O–H groups in total. The van der Waals surface area contributed by atoms with E-state index in [2.05, 4.69) is 15.0 Å². The molecule has 0 saturated carbocycles. The minimum Gasteiger partial charge on any atom is -0.261 e. The van der Waals surface area contributed by atoms with Gasteiger partial charge in [0.1, 0.15) is 11.0 Å². The number of aromatic nitrogens is 3. The summed E-state index contributed by atoms with van der Waals surface area (Å²) in [6.45, 7) is 3.77. The van der Waals surface area contributed by atoms with Crippen LogP contribution >= 0.6 is 11.6 Å². The molecule has 0 saturated heterocycles. The number of pyridine rings is 1. The van der Waals surface area contributed by atoms with Gasteiger partial charge in [0.25, 0.3) is 0 Å². The molecule has 0 fully saturated rings. The maximum absolute atomic E-state index is 6.01. The number of hydrogen-bond acceptors (Lipinski definition) is 3. The van der Waals surface area contributed by atoms with Gasteiger partial charge in [-0.15, -0.1) is 0 Å². The zero-order valence-electron chi connectivity index (χ0n) is 9.24. The average Bonchev–Trinajstić information content (AvgIpc) is 2.27. The summed E-state index contributed by atoms with van der Waals surface area (Å²) in [5.41, 5.74) is 2.86. The first-order valence-electron chi connectivity index (χ1n) is 5.06. The molecule has 0 unspecified atom stereocenters. The van der Waals surface area contributed by atoms with E-state index in [0.29, 0.717) is 17.4 Å². The summed E-state index contributed by atoms with van der Waals surface area (Å²) >= 11 is 6.01. The van der Waals surface area contributed by atoms with Crippen LogP contribution in [0.4, 0.5) is 0 Å². The second-order valence-electron chi connectivity index (χ2n) is 3.63. The molecule has 0 atom stereocenters. The van der Waals surface area contributed by atoms with E-state index in [9.17, 15) is 0 Å². The van der Waals surface area contributed by atoms with Gasteiger partial charge in [0, 0.05) is 23.9 Å². The van der Waals surface area contributed by atoms with Crippen molar-refractivity contribution >= 4 is 11.6 Å². The van der Waals surface area contributed by atoms with Crippen molar-refractivity contribution in [2.75, 3.05) is 0 Å². The van der Waals surface area contributed by atoms with Crippen LogP contribution in [0.2, 0.25) is 5.15 Å². The Balaban J connectivity index is 2.35. The molecule has 2 aromatic heterocycles. The fourth-order valence-corrected chi connectivity index (χ4v) is 1.73. The van der Waals surface area contributed by atoms with Crippen molar-refractivity contribution in [2.45, 2.75) is 20.3 Å². The molecule has 3 nitrogen and oxygen atoms in total. The Kier molecular flexibility index (Phi) is 3.15. The van der Waals surface area contributed by atoms with E-state index in [4.69, 9.17) is 11.6 Å². The lowest BCUT2D eigenvalue weighted by Gasteiger charge is -2.06. The van der Waals surface area contributed by atoms with E-state index in [1.54, 1.807) is 6.20 Å². The number of halogens is 1. The summed E-state index contributed by atoms with van der Waals surface area (Å²) in [5.74, 6) is 0.696. The molecule has 0 aliphatic heterocycles. The zero-order valence-corrected chi connectivity index (χ0v) is 9.99. The van der Waals surface area contributed by atoms with Crippen LogP contribution in [-0.2, 0) is 6.42 Å². The predicted octanol–water partition coefficient (Wildman–Crippen LogP) is 2.73. The molecule has 16 heavy (non-hydrogen) atoms. The van der Waals surface area contributed by atoms with Crippen LogP contribution in [0.5, 0.6) is 0 Å². The second-order valence-corrected chi connectivity index (χ2v) is 3.99. The van der Waals surface area contributed by atoms with Crippen molar-refractivity contribution in [3.63, 3.8) is 0 Å². The first-order valence-corrected chi connectivity index (χ1v) is 5.44. The molecule has 2 heterocycles. The van der Waals surface area contributed by atoms with Gasteiger partial charge in [-0.05, 0) is 26.0 Å². The molecule has 0 aromatic carbocycles. The van der Waals surface area contributed by atoms with E-state index < -0.39 is 0 Å². The first kappa shape index (κ1) is 11.0. The highest BCUT2D eigenvalue weighted by molar-refractivity contribution is 6.30. The molecule has 82 valence electrons. The number of aryl methyl sites for hydroxylation is 1. The van der Waals surface area contributed by atoms with Crippen LogP contribution < -0.4 is 0 Å². The lowest BCUT2D eigenvalue weighted by atomic mass is 10.1. The topological polar surface area (TPSA) is 38.7 Å². The van der Waals surface area contributed by atoms with Gasteiger partial charge >= 0.3 is 0 Å². The summed E-state index contributed by atoms with van der Waals surface area (Å²) < 4.78 is 0. The van der Waals surface area contributed by atoms with E-state index in [1.165, 1.54) is 0 Å². The molecular weight excluding hydrogens is 222 g/mol. The number of rotatable bonds is 2. The fourth-order valence-electron chi connectivity index (χ4n) is 1.50. The van der Waals surface area contributed by atoms with Crippen molar-refractivity contribution in [3.8, 4) is 0 Å². The van der Waals surface area contributed by atoms with Gasteiger partial charge in [-0.3, -0.25) is 4.98 Å². The Hall–Kier alpha value is -1.48. The molecule has 0 aliphatic carbocycles. The smallest absolute Gasteiger partial charge is 0.135 e. The Labute approximate surface area is 99.5 Å². The molecule has 0 amide bonds. The highest BCUT2D eigenvalue weighted by Gasteiger charge is 2.08. The Morgan fingerprint density at radius 3 is 2.69 bits per heavy atom. The predicted molar refractivity (Wildman–Crippen MR) is 63.6 cm³/mol. The van der Waals surface area contributed by atoms with E-state index in [1.807, 2.05) is 32.0 Å². The lowest BCUT2D eigenvalue weighted by molar-refractivity contribution is 0.924. The lowest BCUT2D eigenvalue weighted by Crippen LogP contribution is -2.02. The van der Waals surface area contributed by atoms with Gasteiger partial charge in [0.15, 0.2) is 0 Å². The zero-order chi connectivity index (χ0) is 11.5. The van der Waals surface area contributed by atoms with Crippen LogP contribution in [0.15, 0.2) is 24.4 Å². The largest absolute Gasteiger partial charge is 0.261 e. The third-order valence-electron chi connectivity index (χ3n) is 2.37. The van der Waals surface area contributed by atoms with Crippen LogP contribution in [-0.4, -0.2) is 15.0 Å². The normalized spacial score (nSPS) is 10.4. The minimum absolute atomic E-state index is 0.526. The van der Waals surface area contributed by atoms with Crippen molar-refractivity contribution in [1.29, 1.82) is 0 Å². The fraction of sp³-hybridized carbons (Fsp3) is 0.250. The summed E-state index contributed by atoms with van der Waals surface area (Å²) in [7, 11) is 0. The van der Waals surface area contributed by atoms with Crippen LogP contribution in [0, 0.1) is 13.8 Å². The molecule has 2 aromatic rings. The third kappa shape index (κ3) is 2.36. The molecular formula is C12H12ClN3. The standard InChI is InChI=1S/C12H12ClN3/c1-8-11(15-9(2)16-12(8)13)7-10-5-3-4-6-14-10/h3-6H,7H2,1-2H3. The van der Waals surface area contributed by atoms with Crippen molar-refractivity contribution in [3.05, 3.63) is 52.3 Å². The molecule has 0 aliphatic rings. The molecule has 4 heteroatoms. The summed E-state index contributed by atoms with van der Waals surface area (Å²) in [4.78, 5) is 12.8. The maximum Gasteiger partial charge on any atom is 0.135 e. The van der Waals surface area contributed by atoms with E-state index in [0.717, 1.165) is 17.0 Å². The molecule has 0 spiro atoms. The van der Waals surface area contributed by atoms with E-state index in [-0.39, 0.29) is 0 Å². The highest BCUT2D eigenvalue weighted by atomic mass is 35.5. The van der Waals surface area contributed by atoms with Gasteiger partial charge < -0.3 is 0 Å². The number of nitrogens with zero attached hydrogens (tertiary/aromatic N) is 3. The SMILES string of the molecule is Cc1nc(Cl)c(C)c(Cc2ccccn2)n1. The number of hydrogen-bond donors (Lipinski definition) is 0. The Morgan fingerprint density at radius 1 is 1.19 bits per heavy atom. The van der Waals surface area contributed by atoms with Crippen LogP contribution in [0.3, 0.4) is 0 Å². The molecule has 2 rings (SSSR count). The third-order valence-corrected chi connectivity index (χ3v) is 2.74. The summed E-state index contributed by atoms with van der Waals surface area (Å²) in [6.07, 6.45) is 2.47. The summed E-state index contributed by atoms with van der Waals surface area (Å²) in [5, 5.41) is 0.526. The van der Waals surface area contributed by atoms with Gasteiger partial charge in [0.05, 0.1) is 5.69 Å². The first-order chi connectivity index (χ1) is 7.66. The van der Waals surface area contributed by atoms with Crippen LogP contribution in [0.1, 0.15) is 22.8 Å². The minimum atomic E-state index is 0.526. The van der Waals surface area contributed by atoms with Gasteiger partial charge in [0.2, 0.25) is 0 Å². The van der Waals surface area contributed by atoms with Crippen molar-refractivity contribution in [2.24, 2.45) is 0 Å². The quantitative estimate of drug-likeness (QED) is 0.749. The molecule has 0 radical (unpaired) electrons. The van der Waals surface area contributed by atoms with Gasteiger partial charge in [-0.1, -0.05) is 17.7 Å². The van der Waals surface area contributed by atoms with Crippen molar-refractivity contribution < 1.29 is 0 Å². The average molecular weight is 234 g/mol. The maximum atomic E-state index is 6.01. The second kappa shape index (κ2) is 4.58. The van der Waals surface area contributed by atoms with Crippen LogP contribution in [0.25, 0.3) is 0 Å². The molecule has 0 bridgehead atoms. The Bertz CT molecular complexity index is 497. The van der Waals surface area contributed by atoms with E-state index >= 15 is 0 Å². The monoisotopic (exact) mass is 233 g/mol. The Morgan fingerprint density at radius 2 is 2.00 bits per heavy atom. The van der Waals surface area contributed by atoms with Gasteiger partial charge in [-0.25, -0.2) is 9.97 Å². The van der Waals surface area contributed by atoms with Crippen molar-refractivity contribution in [1.82, 2.24) is 15.0 Å². The highest BCUT2D eigenvalue weighted by Crippen LogP contribution is 2.17. The van der Waals surface area contributed by atoms with Gasteiger partial charge in [-0.2, -0.15) is 0 Å².